The minimum Gasteiger partial charge on any atom is -0.396 e. The average molecular weight is 254 g/mol. The summed E-state index contributed by atoms with van der Waals surface area (Å²) in [5.41, 5.74) is 6.93. The van der Waals surface area contributed by atoms with Gasteiger partial charge in [-0.2, -0.15) is 0 Å². The van der Waals surface area contributed by atoms with E-state index >= 15 is 0 Å². The van der Waals surface area contributed by atoms with E-state index in [1.165, 1.54) is 25.2 Å². The minimum absolute atomic E-state index is 0.200. The van der Waals surface area contributed by atoms with Gasteiger partial charge in [-0.05, 0) is 37.8 Å². The Bertz CT molecular complexity index is 521. The van der Waals surface area contributed by atoms with Crippen molar-refractivity contribution >= 4 is 21.2 Å². The zero-order chi connectivity index (χ0) is 12.6. The first kappa shape index (κ1) is 12.2. The lowest BCUT2D eigenvalue weighted by atomic mass is 10.2. The monoisotopic (exact) mass is 254 g/mol. The first-order chi connectivity index (χ1) is 7.89. The first-order valence-electron chi connectivity index (χ1n) is 5.74. The molecule has 0 heterocycles. The second-order valence-electron chi connectivity index (χ2n) is 4.76. The Kier molecular flexibility index (Phi) is 3.03. The Hall–Kier alpha value is -1.23. The van der Waals surface area contributed by atoms with Gasteiger partial charge in [0.05, 0.1) is 16.3 Å². The van der Waals surface area contributed by atoms with Gasteiger partial charge in [0, 0.05) is 12.3 Å². The van der Waals surface area contributed by atoms with Crippen molar-refractivity contribution in [3.05, 3.63) is 18.2 Å². The molecule has 1 aromatic rings. The summed E-state index contributed by atoms with van der Waals surface area (Å²) in [5.74, 6) is 0.691. The van der Waals surface area contributed by atoms with Crippen LogP contribution >= 0.6 is 0 Å². The van der Waals surface area contributed by atoms with E-state index in [0.717, 1.165) is 0 Å². The maximum Gasteiger partial charge on any atom is 0.177 e. The summed E-state index contributed by atoms with van der Waals surface area (Å²) in [6.07, 6.45) is 3.65. The van der Waals surface area contributed by atoms with Gasteiger partial charge in [-0.1, -0.05) is 6.07 Å². The highest BCUT2D eigenvalue weighted by Crippen LogP contribution is 2.35. The van der Waals surface area contributed by atoms with Gasteiger partial charge in [-0.3, -0.25) is 0 Å². The number of nitrogens with one attached hydrogen (secondary N) is 1. The van der Waals surface area contributed by atoms with Gasteiger partial charge in [-0.25, -0.2) is 8.42 Å². The molecule has 0 aromatic heterocycles. The molecule has 94 valence electrons. The summed E-state index contributed by atoms with van der Waals surface area (Å²) in [4.78, 5) is 0.200. The Morgan fingerprint density at radius 3 is 2.59 bits per heavy atom. The predicted molar refractivity (Wildman–Crippen MR) is 69.8 cm³/mol. The third-order valence-corrected chi connectivity index (χ3v) is 4.33. The van der Waals surface area contributed by atoms with E-state index in [9.17, 15) is 8.42 Å². The lowest BCUT2D eigenvalue weighted by Crippen LogP contribution is -2.18. The number of benzene rings is 1. The molecule has 2 rings (SSSR count). The molecule has 3 N–H and O–H groups in total. The molecule has 1 aliphatic carbocycles. The Labute approximate surface area is 102 Å². The van der Waals surface area contributed by atoms with Crippen LogP contribution in [0.25, 0.3) is 0 Å². The number of nitrogens with two attached hydrogens (primary N) is 1. The van der Waals surface area contributed by atoms with Crippen LogP contribution in [0.1, 0.15) is 19.8 Å². The Morgan fingerprint density at radius 2 is 2.06 bits per heavy atom. The van der Waals surface area contributed by atoms with Gasteiger partial charge < -0.3 is 11.1 Å². The zero-order valence-corrected chi connectivity index (χ0v) is 10.9. The summed E-state index contributed by atoms with van der Waals surface area (Å²) >= 11 is 0. The number of nitrogen functional groups attached to an aromatic ring is 1. The van der Waals surface area contributed by atoms with E-state index in [1.807, 2.05) is 6.07 Å². The maximum atomic E-state index is 11.5. The number of sulfone groups is 1. The van der Waals surface area contributed by atoms with Gasteiger partial charge in [0.25, 0.3) is 0 Å². The molecule has 4 nitrogen and oxygen atoms in total. The second kappa shape index (κ2) is 4.22. The Balaban J connectivity index is 2.29. The van der Waals surface area contributed by atoms with Crippen molar-refractivity contribution in [2.45, 2.75) is 30.7 Å². The average Bonchev–Trinajstić information content (AvgIpc) is 3.02. The molecule has 1 atom stereocenters. The van der Waals surface area contributed by atoms with Crippen LogP contribution < -0.4 is 11.1 Å². The molecule has 0 spiro atoms. The van der Waals surface area contributed by atoms with Crippen LogP contribution in [0, 0.1) is 5.92 Å². The molecule has 0 bridgehead atoms. The number of rotatable bonds is 4. The molecule has 0 radical (unpaired) electrons. The van der Waals surface area contributed by atoms with Crippen molar-refractivity contribution in [1.82, 2.24) is 0 Å². The topological polar surface area (TPSA) is 72.2 Å². The molecule has 0 aliphatic heterocycles. The van der Waals surface area contributed by atoms with Gasteiger partial charge in [0.1, 0.15) is 0 Å². The lowest BCUT2D eigenvalue weighted by Gasteiger charge is -2.17. The number of hydrogen-bond acceptors (Lipinski definition) is 4. The smallest absolute Gasteiger partial charge is 0.177 e. The molecule has 1 aliphatic rings. The number of para-hydroxylation sites is 1. The molecule has 1 aromatic carbocycles. The normalized spacial score (nSPS) is 17.8. The van der Waals surface area contributed by atoms with Crippen LogP contribution in [0.3, 0.4) is 0 Å². The largest absolute Gasteiger partial charge is 0.396 e. The summed E-state index contributed by atoms with van der Waals surface area (Å²) in [6.45, 7) is 2.10. The highest BCUT2D eigenvalue weighted by molar-refractivity contribution is 7.90. The molecule has 0 saturated heterocycles. The summed E-state index contributed by atoms with van der Waals surface area (Å²) in [7, 11) is -3.26. The molecular weight excluding hydrogens is 236 g/mol. The van der Waals surface area contributed by atoms with Gasteiger partial charge in [0.15, 0.2) is 9.84 Å². The molecular formula is C12H18N2O2S. The third-order valence-electron chi connectivity index (χ3n) is 3.18. The van der Waals surface area contributed by atoms with Crippen LogP contribution in [0.5, 0.6) is 0 Å². The minimum atomic E-state index is -3.26. The highest BCUT2D eigenvalue weighted by atomic mass is 32.2. The summed E-state index contributed by atoms with van der Waals surface area (Å²) in [5, 5.41) is 3.30. The predicted octanol–water partition coefficient (Wildman–Crippen LogP) is 1.88. The van der Waals surface area contributed by atoms with Crippen LogP contribution in [-0.2, 0) is 9.84 Å². The van der Waals surface area contributed by atoms with Crippen LogP contribution in [0.15, 0.2) is 23.1 Å². The van der Waals surface area contributed by atoms with Crippen LogP contribution in [0.4, 0.5) is 11.4 Å². The SMILES string of the molecule is CC(Nc1cccc(S(C)(=O)=O)c1N)C1CC1. The fourth-order valence-corrected chi connectivity index (χ4v) is 2.79. The van der Waals surface area contributed by atoms with Gasteiger partial charge >= 0.3 is 0 Å². The maximum absolute atomic E-state index is 11.5. The van der Waals surface area contributed by atoms with Crippen LogP contribution in [-0.4, -0.2) is 20.7 Å². The van der Waals surface area contributed by atoms with Crippen molar-refractivity contribution in [3.63, 3.8) is 0 Å². The zero-order valence-electron chi connectivity index (χ0n) is 10.1. The van der Waals surface area contributed by atoms with Crippen molar-refractivity contribution < 1.29 is 8.42 Å². The number of anilines is 2. The van der Waals surface area contributed by atoms with E-state index in [2.05, 4.69) is 12.2 Å². The van der Waals surface area contributed by atoms with E-state index in [-0.39, 0.29) is 4.90 Å². The first-order valence-corrected chi connectivity index (χ1v) is 7.64. The van der Waals surface area contributed by atoms with Crippen molar-refractivity contribution in [2.75, 3.05) is 17.3 Å². The summed E-state index contributed by atoms with van der Waals surface area (Å²) in [6, 6.07) is 5.42. The highest BCUT2D eigenvalue weighted by Gasteiger charge is 2.28. The van der Waals surface area contributed by atoms with Crippen LogP contribution in [0.2, 0.25) is 0 Å². The molecule has 17 heavy (non-hydrogen) atoms. The molecule has 5 heteroatoms. The molecule has 0 amide bonds. The number of hydrogen-bond donors (Lipinski definition) is 2. The van der Waals surface area contributed by atoms with E-state index in [1.54, 1.807) is 6.07 Å². The van der Waals surface area contributed by atoms with Crippen molar-refractivity contribution in [3.8, 4) is 0 Å². The van der Waals surface area contributed by atoms with Crippen molar-refractivity contribution in [1.29, 1.82) is 0 Å². The fraction of sp³-hybridized carbons (Fsp3) is 0.500. The standard InChI is InChI=1S/C12H18N2O2S/c1-8(9-6-7-9)14-10-4-3-5-11(12(10)13)17(2,15)16/h3-5,8-9,14H,6-7,13H2,1-2H3. The molecule has 1 unspecified atom stereocenters. The quantitative estimate of drug-likeness (QED) is 0.805. The van der Waals surface area contributed by atoms with Gasteiger partial charge in [-0.15, -0.1) is 0 Å². The van der Waals surface area contributed by atoms with E-state index in [4.69, 9.17) is 5.73 Å². The summed E-state index contributed by atoms with van der Waals surface area (Å²) < 4.78 is 23.1. The Morgan fingerprint density at radius 1 is 1.41 bits per heavy atom. The lowest BCUT2D eigenvalue weighted by molar-refractivity contribution is 0.602. The second-order valence-corrected chi connectivity index (χ2v) is 6.74. The van der Waals surface area contributed by atoms with E-state index < -0.39 is 9.84 Å². The fourth-order valence-electron chi connectivity index (χ4n) is 1.95. The van der Waals surface area contributed by atoms with Crippen molar-refractivity contribution in [2.24, 2.45) is 5.92 Å². The van der Waals surface area contributed by atoms with Gasteiger partial charge in [0.2, 0.25) is 0 Å². The van der Waals surface area contributed by atoms with E-state index in [0.29, 0.717) is 23.3 Å². The molecule has 1 fully saturated rings. The third kappa shape index (κ3) is 2.72. The molecule has 1 saturated carbocycles.